The van der Waals surface area contributed by atoms with E-state index in [1.807, 2.05) is 0 Å². The predicted molar refractivity (Wildman–Crippen MR) is 82.9 cm³/mol. The van der Waals surface area contributed by atoms with Gasteiger partial charge in [-0.2, -0.15) is 0 Å². The van der Waals surface area contributed by atoms with Crippen LogP contribution >= 0.6 is 0 Å². The van der Waals surface area contributed by atoms with Gasteiger partial charge in [0, 0.05) is 12.1 Å². The predicted octanol–water partition coefficient (Wildman–Crippen LogP) is 2.38. The molecule has 0 amide bonds. The minimum atomic E-state index is -0.834. The second-order valence-electron chi connectivity index (χ2n) is 4.12. The van der Waals surface area contributed by atoms with Crippen LogP contribution in [0.1, 0.15) is 13.8 Å². The molecule has 0 radical (unpaired) electrons. The third-order valence-corrected chi connectivity index (χ3v) is 2.44. The fraction of sp³-hybridized carbons (Fsp3) is 0.286. The Bertz CT molecular complexity index is 654. The van der Waals surface area contributed by atoms with Crippen molar-refractivity contribution in [3.63, 3.8) is 0 Å². The molecule has 128 valence electrons. The zero-order chi connectivity index (χ0) is 17.9. The number of rotatable bonds is 8. The lowest BCUT2D eigenvalue weighted by atomic mass is 10.3. The van der Waals surface area contributed by atoms with Gasteiger partial charge in [-0.05, 0) is 26.0 Å². The van der Waals surface area contributed by atoms with E-state index in [2.05, 4.69) is 15.8 Å². The molecule has 0 heterocycles. The molecule has 0 saturated carbocycles. The monoisotopic (exact) mass is 336 g/mol. The molecule has 0 aliphatic heterocycles. The largest absolute Gasteiger partial charge is 0.463 e. The van der Waals surface area contributed by atoms with Crippen LogP contribution in [0.15, 0.2) is 46.4 Å². The van der Waals surface area contributed by atoms with Crippen molar-refractivity contribution in [1.82, 2.24) is 0 Å². The lowest BCUT2D eigenvalue weighted by Crippen LogP contribution is -2.09. The highest BCUT2D eigenvalue weighted by Gasteiger charge is 2.13. The Balaban J connectivity index is 2.81. The maximum atomic E-state index is 11.7. The van der Waals surface area contributed by atoms with E-state index >= 15 is 0 Å². The Morgan fingerprint density at radius 2 is 1.83 bits per heavy atom. The zero-order valence-corrected chi connectivity index (χ0v) is 13.1. The van der Waals surface area contributed by atoms with Crippen LogP contribution in [-0.4, -0.2) is 30.1 Å². The van der Waals surface area contributed by atoms with Gasteiger partial charge in [-0.15, -0.1) is 5.11 Å². The van der Waals surface area contributed by atoms with E-state index in [-0.39, 0.29) is 24.6 Å². The van der Waals surface area contributed by atoms with Gasteiger partial charge in [0.05, 0.1) is 29.9 Å². The third-order valence-electron chi connectivity index (χ3n) is 2.44. The molecule has 1 rings (SSSR count). The second kappa shape index (κ2) is 9.66. The van der Waals surface area contributed by atoms with Crippen LogP contribution in [0.4, 0.5) is 11.4 Å². The van der Waals surface area contributed by atoms with E-state index in [0.717, 1.165) is 6.08 Å². The SMILES string of the molecule is CCOC(=O)/C=C(\N=NNc1ccc([N+](=O)[O-])cc1)C(=O)OCC. The first-order valence-electron chi connectivity index (χ1n) is 6.94. The summed E-state index contributed by atoms with van der Waals surface area (Å²) in [7, 11) is 0. The molecule has 0 fully saturated rings. The molecular formula is C14H16N4O6. The fourth-order valence-electron chi connectivity index (χ4n) is 1.42. The number of hydrogen-bond acceptors (Lipinski definition) is 8. The topological polar surface area (TPSA) is 132 Å². The van der Waals surface area contributed by atoms with Crippen LogP contribution in [0.3, 0.4) is 0 Å². The molecule has 0 saturated heterocycles. The van der Waals surface area contributed by atoms with Crippen molar-refractivity contribution >= 4 is 23.3 Å². The molecule has 10 heteroatoms. The summed E-state index contributed by atoms with van der Waals surface area (Å²) in [5.41, 5.74) is 2.46. The summed E-state index contributed by atoms with van der Waals surface area (Å²) < 4.78 is 9.45. The van der Waals surface area contributed by atoms with Gasteiger partial charge in [0.2, 0.25) is 0 Å². The average molecular weight is 336 g/mol. The number of hydrogen-bond donors (Lipinski definition) is 1. The Morgan fingerprint density at radius 3 is 2.38 bits per heavy atom. The first-order chi connectivity index (χ1) is 11.5. The lowest BCUT2D eigenvalue weighted by molar-refractivity contribution is -0.384. The quantitative estimate of drug-likeness (QED) is 0.253. The molecule has 10 nitrogen and oxygen atoms in total. The number of nitrogens with zero attached hydrogens (tertiary/aromatic N) is 3. The van der Waals surface area contributed by atoms with Gasteiger partial charge < -0.3 is 9.47 Å². The maximum absolute atomic E-state index is 11.7. The lowest BCUT2D eigenvalue weighted by Gasteiger charge is -2.02. The summed E-state index contributed by atoms with van der Waals surface area (Å²) in [4.78, 5) is 33.1. The molecule has 0 bridgehead atoms. The van der Waals surface area contributed by atoms with Crippen molar-refractivity contribution in [2.75, 3.05) is 18.6 Å². The number of nitrogens with one attached hydrogen (secondary N) is 1. The van der Waals surface area contributed by atoms with Gasteiger partial charge in [-0.1, -0.05) is 5.22 Å². The summed E-state index contributed by atoms with van der Waals surface area (Å²) >= 11 is 0. The number of carbonyl (C=O) groups excluding carboxylic acids is 2. The fourth-order valence-corrected chi connectivity index (χ4v) is 1.42. The number of esters is 2. The first-order valence-corrected chi connectivity index (χ1v) is 6.94. The number of nitro benzene ring substituents is 1. The van der Waals surface area contributed by atoms with Crippen molar-refractivity contribution in [3.05, 3.63) is 46.2 Å². The van der Waals surface area contributed by atoms with Crippen molar-refractivity contribution in [1.29, 1.82) is 0 Å². The first kappa shape index (κ1) is 18.7. The smallest absolute Gasteiger partial charge is 0.359 e. The van der Waals surface area contributed by atoms with Crippen LogP contribution in [0.2, 0.25) is 0 Å². The van der Waals surface area contributed by atoms with Gasteiger partial charge in [0.25, 0.3) is 5.69 Å². The number of carbonyl (C=O) groups is 2. The van der Waals surface area contributed by atoms with Gasteiger partial charge in [0.15, 0.2) is 5.70 Å². The third kappa shape index (κ3) is 6.22. The highest BCUT2D eigenvalue weighted by molar-refractivity contribution is 5.95. The normalized spacial score (nSPS) is 11.2. The van der Waals surface area contributed by atoms with E-state index < -0.39 is 16.9 Å². The Morgan fingerprint density at radius 1 is 1.21 bits per heavy atom. The molecule has 1 aromatic carbocycles. The number of non-ortho nitro benzene ring substituents is 1. The summed E-state index contributed by atoms with van der Waals surface area (Å²) in [6.07, 6.45) is 0.864. The van der Waals surface area contributed by atoms with Crippen LogP contribution in [0.25, 0.3) is 0 Å². The van der Waals surface area contributed by atoms with Crippen LogP contribution in [0, 0.1) is 10.1 Å². The Labute approximate surface area is 137 Å². The maximum Gasteiger partial charge on any atom is 0.359 e. The van der Waals surface area contributed by atoms with Gasteiger partial charge in [-0.25, -0.2) is 9.59 Å². The zero-order valence-electron chi connectivity index (χ0n) is 13.1. The summed E-state index contributed by atoms with van der Waals surface area (Å²) in [6.45, 7) is 3.47. The average Bonchev–Trinajstić information content (AvgIpc) is 2.54. The molecular weight excluding hydrogens is 320 g/mol. The summed E-state index contributed by atoms with van der Waals surface area (Å²) in [6, 6.07) is 5.38. The van der Waals surface area contributed by atoms with Crippen molar-refractivity contribution in [2.45, 2.75) is 13.8 Å². The summed E-state index contributed by atoms with van der Waals surface area (Å²) in [5.74, 6) is -1.59. The minimum absolute atomic E-state index is 0.0769. The van der Waals surface area contributed by atoms with Crippen molar-refractivity contribution < 1.29 is 24.0 Å². The van der Waals surface area contributed by atoms with Crippen LogP contribution in [-0.2, 0) is 19.1 Å². The Kier molecular flexibility index (Phi) is 7.55. The molecule has 1 aromatic rings. The van der Waals surface area contributed by atoms with Crippen molar-refractivity contribution in [2.24, 2.45) is 10.3 Å². The van der Waals surface area contributed by atoms with Crippen molar-refractivity contribution in [3.8, 4) is 0 Å². The molecule has 0 spiro atoms. The molecule has 0 unspecified atom stereocenters. The molecule has 0 aliphatic carbocycles. The Hall–Kier alpha value is -3.30. The van der Waals surface area contributed by atoms with E-state index in [4.69, 9.17) is 9.47 Å². The van der Waals surface area contributed by atoms with Crippen LogP contribution < -0.4 is 5.43 Å². The number of nitro groups is 1. The molecule has 24 heavy (non-hydrogen) atoms. The van der Waals surface area contributed by atoms with Gasteiger partial charge in [-0.3, -0.25) is 15.5 Å². The molecule has 1 N–H and O–H groups in total. The van der Waals surface area contributed by atoms with E-state index in [9.17, 15) is 19.7 Å². The standard InChI is InChI=1S/C14H16N4O6/c1-3-23-13(19)9-12(14(20)24-4-2)16-17-15-10-5-7-11(8-6-10)18(21)22/h5-9H,3-4H2,1-2H3,(H,15,16)/b12-9-. The molecule has 0 aliphatic rings. The highest BCUT2D eigenvalue weighted by Crippen LogP contribution is 2.15. The van der Waals surface area contributed by atoms with E-state index in [0.29, 0.717) is 5.69 Å². The highest BCUT2D eigenvalue weighted by atomic mass is 16.6. The van der Waals surface area contributed by atoms with E-state index in [1.165, 1.54) is 24.3 Å². The molecule has 0 atom stereocenters. The minimum Gasteiger partial charge on any atom is -0.463 e. The van der Waals surface area contributed by atoms with Gasteiger partial charge >= 0.3 is 11.9 Å². The second-order valence-corrected chi connectivity index (χ2v) is 4.12. The van der Waals surface area contributed by atoms with Crippen LogP contribution in [0.5, 0.6) is 0 Å². The molecule has 0 aromatic heterocycles. The van der Waals surface area contributed by atoms with Gasteiger partial charge in [0.1, 0.15) is 0 Å². The number of benzene rings is 1. The van der Waals surface area contributed by atoms with E-state index in [1.54, 1.807) is 13.8 Å². The number of anilines is 1. The number of ether oxygens (including phenoxy) is 2. The summed E-state index contributed by atoms with van der Waals surface area (Å²) in [5, 5.41) is 17.7.